The van der Waals surface area contributed by atoms with Gasteiger partial charge in [-0.15, -0.1) is 0 Å². The summed E-state index contributed by atoms with van der Waals surface area (Å²) in [4.78, 5) is 159. The number of nitrogens with two attached hydrogens (primary N) is 1. The van der Waals surface area contributed by atoms with Crippen LogP contribution in [0.2, 0.25) is 0 Å². The van der Waals surface area contributed by atoms with E-state index in [2.05, 4.69) is 64.9 Å². The molecule has 9 amide bonds. The van der Waals surface area contributed by atoms with E-state index in [0.29, 0.717) is 38.8 Å². The molecule has 0 spiro atoms. The minimum atomic E-state index is -0.996. The molecular formula is C68H112N10O14. The van der Waals surface area contributed by atoms with Crippen molar-refractivity contribution in [1.29, 1.82) is 0 Å². The van der Waals surface area contributed by atoms with E-state index < -0.39 is 112 Å². The lowest BCUT2D eigenvalue weighted by molar-refractivity contribution is -0.147. The Morgan fingerprint density at radius 1 is 0.543 bits per heavy atom. The number of carbonyl (C=O) groups is 12. The van der Waals surface area contributed by atoms with Crippen LogP contribution in [0.25, 0.3) is 0 Å². The summed E-state index contributed by atoms with van der Waals surface area (Å²) in [5.41, 5.74) is 3.97. The van der Waals surface area contributed by atoms with Crippen LogP contribution in [0.5, 0.6) is 0 Å². The summed E-state index contributed by atoms with van der Waals surface area (Å²) < 4.78 is 5.49. The molecule has 2 saturated heterocycles. The molecule has 8 fully saturated rings. The molecule has 518 valence electrons. The third-order valence-electron chi connectivity index (χ3n) is 20.5. The second-order valence-corrected chi connectivity index (χ2v) is 31.9. The molecule has 2 aliphatic heterocycles. The van der Waals surface area contributed by atoms with Crippen LogP contribution in [0.1, 0.15) is 219 Å². The standard InChI is InChI=1S/C36H59N5O7.C31H51N5O5.CH2O2/c1-10-14-23(27(42)31(45)37-21-17-18-21)38-30(44)26-24-22(36(24,8)9)19-41(26)32(46)28(34(2,3)4)40-29(43)25(20-15-12-11-13-16-20)39-33(47)48-35(5,6)7;1-7-11-20(24(37)28(40)33-18-14-15-18)34-27(39)23-21-19(31(21,5)6)16-36(23)29(41)25(30(2,3)4)35-26(38)22(32)17-12-9-8-10-13-17;2-1-3/h20-26,28H,10-19H2,1-9H3,(H,37,45)(H,38,44)(H,39,47)(H,40,43);17-23,25H,7-16,32H2,1-6H3,(H,33,40)(H,34,39)(H,35,38);1H,(H,2,3)/t22-,23-,24-,25-,26-,28+;19-,20-,21-,22-,23-,25+;/m00./s1. The highest BCUT2D eigenvalue weighted by atomic mass is 16.6. The number of carboxylic acid groups (broad SMARTS) is 1. The van der Waals surface area contributed by atoms with Crippen LogP contribution in [0.15, 0.2) is 0 Å². The Morgan fingerprint density at radius 2 is 0.902 bits per heavy atom. The molecule has 8 rings (SSSR count). The molecular weight excluding hydrogens is 1180 g/mol. The van der Waals surface area contributed by atoms with Crippen LogP contribution < -0.4 is 43.0 Å². The van der Waals surface area contributed by atoms with Crippen LogP contribution in [0, 0.1) is 57.2 Å². The Labute approximate surface area is 545 Å². The van der Waals surface area contributed by atoms with E-state index in [9.17, 15) is 52.7 Å². The number of rotatable bonds is 23. The van der Waals surface area contributed by atoms with Crippen molar-refractivity contribution < 1.29 is 67.4 Å². The summed E-state index contributed by atoms with van der Waals surface area (Å²) in [5, 5.41) is 26.8. The van der Waals surface area contributed by atoms with Crippen molar-refractivity contribution in [3.63, 3.8) is 0 Å². The summed E-state index contributed by atoms with van der Waals surface area (Å²) in [5.74, 6) is -5.01. The highest BCUT2D eigenvalue weighted by molar-refractivity contribution is 6.39. The van der Waals surface area contributed by atoms with E-state index in [1.54, 1.807) is 30.6 Å². The number of fused-ring (bicyclic) bond motifs is 2. The number of nitrogens with one attached hydrogen (secondary N) is 7. The molecule has 2 heterocycles. The summed E-state index contributed by atoms with van der Waals surface area (Å²) in [6.07, 6.45) is 14.1. The number of ether oxygens (including phenoxy) is 1. The summed E-state index contributed by atoms with van der Waals surface area (Å²) in [7, 11) is 0. The number of likely N-dealkylation sites (tertiary alicyclic amines) is 2. The molecule has 6 saturated carbocycles. The fraction of sp³-hybridized carbons (Fsp3) is 0.824. The number of hydrogen-bond donors (Lipinski definition) is 9. The zero-order valence-electron chi connectivity index (χ0n) is 57.7. The number of carbonyl (C=O) groups excluding carboxylic acids is 11. The largest absolute Gasteiger partial charge is 0.483 e. The molecule has 0 aromatic rings. The average Bonchev–Trinajstić information content (AvgIpc) is 1.53. The third kappa shape index (κ3) is 18.8. The van der Waals surface area contributed by atoms with Gasteiger partial charge in [0.2, 0.25) is 47.0 Å². The van der Waals surface area contributed by atoms with Crippen LogP contribution >= 0.6 is 0 Å². The quantitative estimate of drug-likeness (QED) is 0.0460. The molecule has 92 heavy (non-hydrogen) atoms. The van der Waals surface area contributed by atoms with Crippen molar-refractivity contribution in [1.82, 2.24) is 47.0 Å². The number of amides is 9. The molecule has 8 aliphatic rings. The number of Topliss-reactive ketones (excluding diaryl/α,β-unsaturated/α-hetero) is 2. The fourth-order valence-corrected chi connectivity index (χ4v) is 14.6. The van der Waals surface area contributed by atoms with E-state index in [1.165, 1.54) is 0 Å². The van der Waals surface area contributed by atoms with E-state index in [0.717, 1.165) is 89.9 Å². The fourth-order valence-electron chi connectivity index (χ4n) is 14.6. The molecule has 10 N–H and O–H groups in total. The summed E-state index contributed by atoms with van der Waals surface area (Å²) in [6.45, 7) is 29.1. The molecule has 0 aromatic heterocycles. The lowest BCUT2D eigenvalue weighted by Crippen LogP contribution is -2.63. The number of ketones is 2. The van der Waals surface area contributed by atoms with E-state index >= 15 is 0 Å². The predicted molar refractivity (Wildman–Crippen MR) is 344 cm³/mol. The Kier molecular flexibility index (Phi) is 24.8. The minimum Gasteiger partial charge on any atom is -0.483 e. The highest BCUT2D eigenvalue weighted by Gasteiger charge is 2.71. The van der Waals surface area contributed by atoms with Gasteiger partial charge in [-0.2, -0.15) is 0 Å². The maximum Gasteiger partial charge on any atom is 0.408 e. The lowest BCUT2D eigenvalue weighted by Gasteiger charge is -2.39. The van der Waals surface area contributed by atoms with Gasteiger partial charge in [-0.1, -0.05) is 134 Å². The number of alkyl carbamates (subject to hydrolysis) is 1. The lowest BCUT2D eigenvalue weighted by atomic mass is 9.82. The monoisotopic (exact) mass is 1290 g/mol. The van der Waals surface area contributed by atoms with Gasteiger partial charge in [-0.3, -0.25) is 52.7 Å². The van der Waals surface area contributed by atoms with E-state index in [1.807, 2.05) is 55.4 Å². The zero-order chi connectivity index (χ0) is 68.7. The average molecular weight is 1290 g/mol. The Balaban J connectivity index is 0.000000283. The van der Waals surface area contributed by atoms with Gasteiger partial charge >= 0.3 is 6.09 Å². The van der Waals surface area contributed by atoms with Crippen LogP contribution in [0.3, 0.4) is 0 Å². The van der Waals surface area contributed by atoms with Crippen molar-refractivity contribution in [3.8, 4) is 0 Å². The number of piperidine rings is 2. The van der Waals surface area contributed by atoms with Gasteiger partial charge in [0.25, 0.3) is 18.3 Å². The van der Waals surface area contributed by atoms with Crippen LogP contribution in [-0.4, -0.2) is 165 Å². The molecule has 0 bridgehead atoms. The molecule has 24 heteroatoms. The van der Waals surface area contributed by atoms with Crippen molar-refractivity contribution in [3.05, 3.63) is 0 Å². The first-order valence-corrected chi connectivity index (χ1v) is 34.2. The molecule has 0 aromatic carbocycles. The predicted octanol–water partition coefficient (Wildman–Crippen LogP) is 5.35. The van der Waals surface area contributed by atoms with Crippen molar-refractivity contribution in [2.75, 3.05) is 13.1 Å². The van der Waals surface area contributed by atoms with Crippen molar-refractivity contribution in [2.24, 2.45) is 62.9 Å². The van der Waals surface area contributed by atoms with Gasteiger partial charge in [-0.25, -0.2) is 4.79 Å². The second-order valence-electron chi connectivity index (χ2n) is 31.9. The Hall–Kier alpha value is -6.20. The van der Waals surface area contributed by atoms with Gasteiger partial charge in [0, 0.05) is 25.2 Å². The smallest absolute Gasteiger partial charge is 0.408 e. The maximum atomic E-state index is 14.5. The van der Waals surface area contributed by atoms with Gasteiger partial charge < -0.3 is 62.6 Å². The van der Waals surface area contributed by atoms with E-state index in [-0.39, 0.29) is 82.6 Å². The Bertz CT molecular complexity index is 2710. The first-order chi connectivity index (χ1) is 42.8. The Morgan fingerprint density at radius 3 is 1.24 bits per heavy atom. The molecule has 0 unspecified atom stereocenters. The van der Waals surface area contributed by atoms with Gasteiger partial charge in [-0.05, 0) is 142 Å². The van der Waals surface area contributed by atoms with Gasteiger partial charge in [0.1, 0.15) is 35.8 Å². The minimum absolute atomic E-state index is 0.0111. The van der Waals surface area contributed by atoms with Crippen LogP contribution in [0.4, 0.5) is 4.79 Å². The summed E-state index contributed by atoms with van der Waals surface area (Å²) >= 11 is 0. The molecule has 12 atom stereocenters. The number of nitrogens with zero attached hydrogens (tertiary/aromatic N) is 2. The first-order valence-electron chi connectivity index (χ1n) is 34.2. The number of hydrogen-bond acceptors (Lipinski definition) is 14. The topological polar surface area (TPSA) is 351 Å². The normalized spacial score (nSPS) is 25.8. The summed E-state index contributed by atoms with van der Waals surface area (Å²) in [6, 6.07) is -6.95. The van der Waals surface area contributed by atoms with Gasteiger partial charge in [0.05, 0.1) is 18.1 Å². The van der Waals surface area contributed by atoms with Crippen molar-refractivity contribution in [2.45, 2.75) is 285 Å². The zero-order valence-corrected chi connectivity index (χ0v) is 57.7. The molecule has 6 aliphatic carbocycles. The molecule has 24 nitrogen and oxygen atoms in total. The second kappa shape index (κ2) is 30.5. The van der Waals surface area contributed by atoms with Gasteiger partial charge in [0.15, 0.2) is 0 Å². The maximum absolute atomic E-state index is 14.5. The highest BCUT2D eigenvalue weighted by Crippen LogP contribution is 2.66. The van der Waals surface area contributed by atoms with E-state index in [4.69, 9.17) is 20.4 Å². The molecule has 0 radical (unpaired) electrons. The van der Waals surface area contributed by atoms with Crippen molar-refractivity contribution >= 4 is 71.4 Å². The first kappa shape index (κ1) is 74.8. The van der Waals surface area contributed by atoms with Crippen LogP contribution in [-0.2, 0) is 57.5 Å². The third-order valence-corrected chi connectivity index (χ3v) is 20.5. The SMILES string of the molecule is CCC[C@H](NC(=O)[C@@H]1[C@@H]2[C@H](CN1C(=O)[C@@H](NC(=O)[C@@H](N)C1CCCCC1)C(C)(C)C)C2(C)C)C(=O)C(=O)NC1CC1.CCC[C@H](NC(=O)[C@@H]1[C@@H]2[C@H](CN1C(=O)[C@@H](NC(=O)[C@@H](NC(=O)OC(C)(C)C)C1CCCCC1)C(C)(C)C)C2(C)C)C(=O)C(=O)NC1CC1.O=CO.